The van der Waals surface area contributed by atoms with Gasteiger partial charge in [0.2, 0.25) is 0 Å². The quantitative estimate of drug-likeness (QED) is 0.814. The lowest BCUT2D eigenvalue weighted by Gasteiger charge is -2.23. The summed E-state index contributed by atoms with van der Waals surface area (Å²) in [6, 6.07) is 8.27. The Morgan fingerprint density at radius 2 is 1.61 bits per heavy atom. The Kier molecular flexibility index (Phi) is 5.80. The largest absolute Gasteiger partial charge is 0.330 e. The SMILES string of the molecule is CC(C)c1ccc(CC(F)C(CN)C(C)C)cc1. The van der Waals surface area contributed by atoms with Crippen LogP contribution in [0, 0.1) is 11.8 Å². The first-order valence-corrected chi connectivity index (χ1v) is 6.88. The molecule has 1 nitrogen and oxygen atoms in total. The highest BCUT2D eigenvalue weighted by Crippen LogP contribution is 2.22. The second-order valence-corrected chi connectivity index (χ2v) is 5.76. The summed E-state index contributed by atoms with van der Waals surface area (Å²) in [5.74, 6) is 0.766. The fourth-order valence-corrected chi connectivity index (χ4v) is 2.25. The molecule has 102 valence electrons. The van der Waals surface area contributed by atoms with Gasteiger partial charge in [-0.2, -0.15) is 0 Å². The predicted molar refractivity (Wildman–Crippen MR) is 76.5 cm³/mol. The summed E-state index contributed by atoms with van der Waals surface area (Å²) in [5.41, 5.74) is 8.01. The van der Waals surface area contributed by atoms with Crippen LogP contribution in [-0.4, -0.2) is 12.7 Å². The van der Waals surface area contributed by atoms with Gasteiger partial charge in [0.25, 0.3) is 0 Å². The third kappa shape index (κ3) is 4.09. The number of alkyl halides is 1. The minimum atomic E-state index is -0.847. The van der Waals surface area contributed by atoms with Crippen molar-refractivity contribution in [2.24, 2.45) is 17.6 Å². The normalized spacial score (nSPS) is 15.1. The Morgan fingerprint density at radius 1 is 1.06 bits per heavy atom. The molecule has 2 unspecified atom stereocenters. The molecule has 0 amide bonds. The van der Waals surface area contributed by atoms with Gasteiger partial charge in [-0.05, 0) is 29.5 Å². The van der Waals surface area contributed by atoms with E-state index in [2.05, 4.69) is 26.0 Å². The minimum absolute atomic E-state index is 0.0465. The molecule has 0 heterocycles. The van der Waals surface area contributed by atoms with Gasteiger partial charge in [0.15, 0.2) is 0 Å². The van der Waals surface area contributed by atoms with Gasteiger partial charge in [0.05, 0.1) is 0 Å². The van der Waals surface area contributed by atoms with Crippen LogP contribution < -0.4 is 5.73 Å². The standard InChI is InChI=1S/C16H26FN/c1-11(2)14-7-5-13(6-8-14)9-16(17)15(10-18)12(3)4/h5-8,11-12,15-16H,9-10,18H2,1-4H3. The minimum Gasteiger partial charge on any atom is -0.330 e. The van der Waals surface area contributed by atoms with Crippen LogP contribution in [0.15, 0.2) is 24.3 Å². The van der Waals surface area contributed by atoms with E-state index in [9.17, 15) is 4.39 Å². The summed E-state index contributed by atoms with van der Waals surface area (Å²) in [4.78, 5) is 0. The van der Waals surface area contributed by atoms with Crippen LogP contribution >= 0.6 is 0 Å². The molecule has 0 saturated carbocycles. The summed E-state index contributed by atoms with van der Waals surface area (Å²) in [6.07, 6.45) is -0.377. The maximum absolute atomic E-state index is 14.2. The first-order valence-electron chi connectivity index (χ1n) is 6.88. The fourth-order valence-electron chi connectivity index (χ4n) is 2.25. The van der Waals surface area contributed by atoms with E-state index in [0.717, 1.165) is 5.56 Å². The summed E-state index contributed by atoms with van der Waals surface area (Å²) in [5, 5.41) is 0. The van der Waals surface area contributed by atoms with E-state index in [-0.39, 0.29) is 5.92 Å². The molecule has 2 atom stereocenters. The first kappa shape index (κ1) is 15.2. The summed E-state index contributed by atoms with van der Waals surface area (Å²) in [6.45, 7) is 8.81. The second kappa shape index (κ2) is 6.89. The molecule has 0 spiro atoms. The molecule has 0 aliphatic heterocycles. The van der Waals surface area contributed by atoms with Crippen molar-refractivity contribution in [3.8, 4) is 0 Å². The van der Waals surface area contributed by atoms with Crippen LogP contribution in [-0.2, 0) is 6.42 Å². The van der Waals surface area contributed by atoms with Gasteiger partial charge in [-0.15, -0.1) is 0 Å². The van der Waals surface area contributed by atoms with Crippen LogP contribution in [0.4, 0.5) is 4.39 Å². The molecular formula is C16H26FN. The van der Waals surface area contributed by atoms with Gasteiger partial charge in [-0.25, -0.2) is 4.39 Å². The third-order valence-corrected chi connectivity index (χ3v) is 3.67. The van der Waals surface area contributed by atoms with Crippen molar-refractivity contribution in [2.45, 2.75) is 46.2 Å². The van der Waals surface area contributed by atoms with Gasteiger partial charge >= 0.3 is 0 Å². The molecule has 0 aliphatic carbocycles. The second-order valence-electron chi connectivity index (χ2n) is 5.76. The van der Waals surface area contributed by atoms with Crippen LogP contribution in [0.3, 0.4) is 0 Å². The molecule has 2 heteroatoms. The monoisotopic (exact) mass is 251 g/mol. The number of hydrogen-bond acceptors (Lipinski definition) is 1. The van der Waals surface area contributed by atoms with Crippen molar-refractivity contribution < 1.29 is 4.39 Å². The topological polar surface area (TPSA) is 26.0 Å². The summed E-state index contributed by atoms with van der Waals surface area (Å²) < 4.78 is 14.2. The number of nitrogens with two attached hydrogens (primary N) is 1. The molecule has 0 saturated heterocycles. The number of benzene rings is 1. The lowest BCUT2D eigenvalue weighted by atomic mass is 9.88. The molecule has 1 aromatic rings. The Labute approximate surface area is 111 Å². The molecule has 18 heavy (non-hydrogen) atoms. The molecule has 1 aromatic carbocycles. The zero-order valence-electron chi connectivity index (χ0n) is 12.0. The van der Waals surface area contributed by atoms with Crippen molar-refractivity contribution in [1.82, 2.24) is 0 Å². The highest BCUT2D eigenvalue weighted by molar-refractivity contribution is 5.25. The van der Waals surface area contributed by atoms with Crippen LogP contribution in [0.25, 0.3) is 0 Å². The lowest BCUT2D eigenvalue weighted by Crippen LogP contribution is -2.30. The molecular weight excluding hydrogens is 225 g/mol. The molecule has 0 aromatic heterocycles. The van der Waals surface area contributed by atoms with Crippen molar-refractivity contribution >= 4 is 0 Å². The van der Waals surface area contributed by atoms with Gasteiger partial charge in [0.1, 0.15) is 6.17 Å². The lowest BCUT2D eigenvalue weighted by molar-refractivity contribution is 0.185. The fraction of sp³-hybridized carbons (Fsp3) is 0.625. The van der Waals surface area contributed by atoms with Gasteiger partial charge in [-0.3, -0.25) is 0 Å². The maximum Gasteiger partial charge on any atom is 0.108 e. The number of rotatable bonds is 6. The number of halogens is 1. The van der Waals surface area contributed by atoms with E-state index in [0.29, 0.717) is 24.8 Å². The average molecular weight is 251 g/mol. The zero-order valence-corrected chi connectivity index (χ0v) is 12.0. The van der Waals surface area contributed by atoms with Crippen LogP contribution in [0.5, 0.6) is 0 Å². The van der Waals surface area contributed by atoms with E-state index in [1.807, 2.05) is 26.0 Å². The molecule has 2 N–H and O–H groups in total. The van der Waals surface area contributed by atoms with E-state index in [1.54, 1.807) is 0 Å². The van der Waals surface area contributed by atoms with Gasteiger partial charge < -0.3 is 5.73 Å². The van der Waals surface area contributed by atoms with Crippen LogP contribution in [0.2, 0.25) is 0 Å². The van der Waals surface area contributed by atoms with Crippen molar-refractivity contribution in [1.29, 1.82) is 0 Å². The first-order chi connectivity index (χ1) is 8.45. The van der Waals surface area contributed by atoms with Crippen molar-refractivity contribution in [2.75, 3.05) is 6.54 Å². The Balaban J connectivity index is 2.66. The molecule has 1 rings (SSSR count). The highest BCUT2D eigenvalue weighted by Gasteiger charge is 2.23. The molecule has 0 fully saturated rings. The predicted octanol–water partition coefficient (Wildman–Crippen LogP) is 3.92. The molecule has 0 radical (unpaired) electrons. The van der Waals surface area contributed by atoms with Crippen molar-refractivity contribution in [3.05, 3.63) is 35.4 Å². The van der Waals surface area contributed by atoms with Gasteiger partial charge in [-0.1, -0.05) is 52.0 Å². The highest BCUT2D eigenvalue weighted by atomic mass is 19.1. The van der Waals surface area contributed by atoms with Gasteiger partial charge in [0, 0.05) is 12.3 Å². The molecule has 0 aliphatic rings. The third-order valence-electron chi connectivity index (χ3n) is 3.67. The number of hydrogen-bond donors (Lipinski definition) is 1. The average Bonchev–Trinajstić information content (AvgIpc) is 2.29. The Hall–Kier alpha value is -0.890. The van der Waals surface area contributed by atoms with Crippen LogP contribution in [0.1, 0.15) is 44.7 Å². The molecule has 0 bridgehead atoms. The van der Waals surface area contributed by atoms with E-state index in [1.165, 1.54) is 5.56 Å². The van der Waals surface area contributed by atoms with E-state index >= 15 is 0 Å². The Bertz CT molecular complexity index is 343. The van der Waals surface area contributed by atoms with Crippen molar-refractivity contribution in [3.63, 3.8) is 0 Å². The van der Waals surface area contributed by atoms with E-state index in [4.69, 9.17) is 5.73 Å². The maximum atomic E-state index is 14.2. The smallest absolute Gasteiger partial charge is 0.108 e. The Morgan fingerprint density at radius 3 is 2.00 bits per heavy atom. The zero-order chi connectivity index (χ0) is 13.7. The summed E-state index contributed by atoms with van der Waals surface area (Å²) in [7, 11) is 0. The van der Waals surface area contributed by atoms with E-state index < -0.39 is 6.17 Å². The summed E-state index contributed by atoms with van der Waals surface area (Å²) >= 11 is 0.